The van der Waals surface area contributed by atoms with Crippen molar-refractivity contribution in [3.8, 4) is 0 Å². The van der Waals surface area contributed by atoms with Gasteiger partial charge in [0.05, 0.1) is 0 Å². The second kappa shape index (κ2) is 6.26. The van der Waals surface area contributed by atoms with Gasteiger partial charge >= 0.3 is 6.18 Å². The van der Waals surface area contributed by atoms with E-state index in [1.165, 1.54) is 0 Å². The standard InChI is InChI=1S/C11H20F3N3O/c1-7-2-3-8(4-7)5-16-6-9(10(15)17-18)11(12,13)14/h7-9,16,18H,2-6H2,1H3,(H2,15,17). The number of hydrogen-bond donors (Lipinski definition) is 3. The van der Waals surface area contributed by atoms with Crippen LogP contribution in [0.25, 0.3) is 0 Å². The van der Waals surface area contributed by atoms with Gasteiger partial charge in [-0.15, -0.1) is 0 Å². The molecular formula is C11H20F3N3O. The second-order valence-corrected chi connectivity index (χ2v) is 5.06. The molecule has 3 atom stereocenters. The number of amidine groups is 1. The second-order valence-electron chi connectivity index (χ2n) is 5.06. The first-order valence-corrected chi connectivity index (χ1v) is 6.09. The number of alkyl halides is 3. The first kappa shape index (κ1) is 15.1. The van der Waals surface area contributed by atoms with Crippen LogP contribution in [0.15, 0.2) is 5.16 Å². The minimum absolute atomic E-state index is 0.343. The van der Waals surface area contributed by atoms with Gasteiger partial charge in [0.1, 0.15) is 5.92 Å². The van der Waals surface area contributed by atoms with Crippen molar-refractivity contribution < 1.29 is 18.4 Å². The van der Waals surface area contributed by atoms with Crippen molar-refractivity contribution in [3.05, 3.63) is 0 Å². The lowest BCUT2D eigenvalue weighted by molar-refractivity contribution is -0.154. The summed E-state index contributed by atoms with van der Waals surface area (Å²) in [5.41, 5.74) is 5.06. The fourth-order valence-electron chi connectivity index (χ4n) is 2.40. The molecule has 1 fully saturated rings. The summed E-state index contributed by atoms with van der Waals surface area (Å²) in [5, 5.41) is 13.6. The zero-order chi connectivity index (χ0) is 13.8. The third-order valence-corrected chi connectivity index (χ3v) is 3.45. The Morgan fingerprint density at radius 1 is 1.50 bits per heavy atom. The Hall–Kier alpha value is -0.980. The average molecular weight is 267 g/mol. The summed E-state index contributed by atoms with van der Waals surface area (Å²) in [6.07, 6.45) is -1.26. The molecule has 0 aromatic heterocycles. The average Bonchev–Trinajstić information content (AvgIpc) is 2.68. The third-order valence-electron chi connectivity index (χ3n) is 3.45. The maximum absolute atomic E-state index is 12.6. The Balaban J connectivity index is 2.39. The van der Waals surface area contributed by atoms with E-state index in [1.54, 1.807) is 0 Å². The molecule has 4 N–H and O–H groups in total. The van der Waals surface area contributed by atoms with Crippen LogP contribution in [0.2, 0.25) is 0 Å². The van der Waals surface area contributed by atoms with Gasteiger partial charge in [0.15, 0.2) is 5.84 Å². The smallest absolute Gasteiger partial charge is 0.400 e. The number of halogens is 3. The molecule has 4 nitrogen and oxygen atoms in total. The van der Waals surface area contributed by atoms with Crippen molar-refractivity contribution in [1.82, 2.24) is 5.32 Å². The van der Waals surface area contributed by atoms with E-state index in [0.717, 1.165) is 19.3 Å². The van der Waals surface area contributed by atoms with Crippen molar-refractivity contribution in [1.29, 1.82) is 0 Å². The molecule has 1 rings (SSSR count). The highest BCUT2D eigenvalue weighted by molar-refractivity contribution is 5.83. The van der Waals surface area contributed by atoms with Crippen LogP contribution in [0.3, 0.4) is 0 Å². The Labute approximate surface area is 104 Å². The van der Waals surface area contributed by atoms with Crippen LogP contribution >= 0.6 is 0 Å². The lowest BCUT2D eigenvalue weighted by Crippen LogP contribution is -2.43. The molecule has 0 aliphatic heterocycles. The summed E-state index contributed by atoms with van der Waals surface area (Å²) in [5.74, 6) is -1.64. The summed E-state index contributed by atoms with van der Waals surface area (Å²) >= 11 is 0. The number of oxime groups is 1. The fourth-order valence-corrected chi connectivity index (χ4v) is 2.40. The third kappa shape index (κ3) is 4.36. The molecule has 0 saturated heterocycles. The molecule has 0 radical (unpaired) electrons. The zero-order valence-corrected chi connectivity index (χ0v) is 10.4. The molecule has 0 aromatic rings. The number of hydrogen-bond acceptors (Lipinski definition) is 3. The molecule has 0 aromatic carbocycles. The van der Waals surface area contributed by atoms with Gasteiger partial charge in [-0.05, 0) is 31.2 Å². The van der Waals surface area contributed by atoms with Gasteiger partial charge in [0, 0.05) is 6.54 Å². The Kier molecular flexibility index (Phi) is 5.25. The molecule has 0 spiro atoms. The summed E-state index contributed by atoms with van der Waals surface area (Å²) < 4.78 is 37.8. The van der Waals surface area contributed by atoms with E-state index in [0.29, 0.717) is 18.4 Å². The lowest BCUT2D eigenvalue weighted by atomic mass is 10.0. The molecule has 106 valence electrons. The van der Waals surface area contributed by atoms with Gasteiger partial charge in [-0.2, -0.15) is 13.2 Å². The Morgan fingerprint density at radius 2 is 2.17 bits per heavy atom. The van der Waals surface area contributed by atoms with Crippen molar-refractivity contribution in [3.63, 3.8) is 0 Å². The van der Waals surface area contributed by atoms with E-state index in [1.807, 2.05) is 0 Å². The summed E-state index contributed by atoms with van der Waals surface area (Å²) in [7, 11) is 0. The van der Waals surface area contributed by atoms with Crippen LogP contribution in [0, 0.1) is 17.8 Å². The van der Waals surface area contributed by atoms with Crippen LogP contribution in [0.4, 0.5) is 13.2 Å². The molecule has 0 bridgehead atoms. The van der Waals surface area contributed by atoms with Crippen LogP contribution in [0.5, 0.6) is 0 Å². The monoisotopic (exact) mass is 267 g/mol. The Bertz CT molecular complexity index is 294. The molecule has 18 heavy (non-hydrogen) atoms. The van der Waals surface area contributed by atoms with Crippen LogP contribution < -0.4 is 11.1 Å². The van der Waals surface area contributed by atoms with Crippen molar-refractivity contribution in [2.45, 2.75) is 32.4 Å². The zero-order valence-electron chi connectivity index (χ0n) is 10.4. The van der Waals surface area contributed by atoms with Gasteiger partial charge in [0.25, 0.3) is 0 Å². The minimum atomic E-state index is -4.49. The molecule has 1 saturated carbocycles. The summed E-state index contributed by atoms with van der Waals surface area (Å²) in [4.78, 5) is 0. The van der Waals surface area contributed by atoms with E-state index < -0.39 is 17.9 Å². The topological polar surface area (TPSA) is 70.6 Å². The van der Waals surface area contributed by atoms with Gasteiger partial charge in [-0.25, -0.2) is 0 Å². The number of rotatable bonds is 5. The fraction of sp³-hybridized carbons (Fsp3) is 0.909. The highest BCUT2D eigenvalue weighted by atomic mass is 19.4. The molecular weight excluding hydrogens is 247 g/mol. The highest BCUT2D eigenvalue weighted by Crippen LogP contribution is 2.30. The number of nitrogens with one attached hydrogen (secondary N) is 1. The van der Waals surface area contributed by atoms with Crippen molar-refractivity contribution in [2.24, 2.45) is 28.6 Å². The predicted octanol–water partition coefficient (Wildman–Crippen LogP) is 1.94. The quantitative estimate of drug-likeness (QED) is 0.308. The summed E-state index contributed by atoms with van der Waals surface area (Å²) in [6.45, 7) is 2.36. The van der Waals surface area contributed by atoms with E-state index >= 15 is 0 Å². The van der Waals surface area contributed by atoms with Crippen LogP contribution in [-0.4, -0.2) is 30.3 Å². The molecule has 1 aliphatic rings. The van der Waals surface area contributed by atoms with E-state index in [9.17, 15) is 13.2 Å². The molecule has 1 aliphatic carbocycles. The largest absolute Gasteiger partial charge is 0.409 e. The molecule has 3 unspecified atom stereocenters. The maximum Gasteiger partial charge on any atom is 0.400 e. The molecule has 0 amide bonds. The van der Waals surface area contributed by atoms with Gasteiger partial charge in [-0.1, -0.05) is 18.5 Å². The van der Waals surface area contributed by atoms with E-state index in [4.69, 9.17) is 10.9 Å². The van der Waals surface area contributed by atoms with Gasteiger partial charge in [0.2, 0.25) is 0 Å². The van der Waals surface area contributed by atoms with E-state index in [2.05, 4.69) is 17.4 Å². The normalized spacial score (nSPS) is 27.4. The van der Waals surface area contributed by atoms with Gasteiger partial charge < -0.3 is 16.3 Å². The SMILES string of the molecule is CC1CCC(CNCC(C(N)=NO)C(F)(F)F)C1. The summed E-state index contributed by atoms with van der Waals surface area (Å²) in [6, 6.07) is 0. The Morgan fingerprint density at radius 3 is 2.61 bits per heavy atom. The molecule has 0 heterocycles. The maximum atomic E-state index is 12.6. The number of nitrogens with two attached hydrogens (primary N) is 1. The number of nitrogens with zero attached hydrogens (tertiary/aromatic N) is 1. The van der Waals surface area contributed by atoms with Gasteiger partial charge in [-0.3, -0.25) is 0 Å². The highest BCUT2D eigenvalue weighted by Gasteiger charge is 2.42. The molecule has 7 heteroatoms. The first-order valence-electron chi connectivity index (χ1n) is 6.09. The van der Waals surface area contributed by atoms with Crippen molar-refractivity contribution in [2.75, 3.05) is 13.1 Å². The lowest BCUT2D eigenvalue weighted by Gasteiger charge is -2.20. The van der Waals surface area contributed by atoms with E-state index in [-0.39, 0.29) is 6.54 Å². The van der Waals surface area contributed by atoms with Crippen molar-refractivity contribution >= 4 is 5.84 Å². The van der Waals surface area contributed by atoms with Crippen LogP contribution in [-0.2, 0) is 0 Å². The predicted molar refractivity (Wildman–Crippen MR) is 62.3 cm³/mol. The minimum Gasteiger partial charge on any atom is -0.409 e. The van der Waals surface area contributed by atoms with Crippen LogP contribution in [0.1, 0.15) is 26.2 Å². The first-order chi connectivity index (χ1) is 8.34.